The number of ether oxygens (including phenoxy) is 2. The Morgan fingerprint density at radius 1 is 1.06 bits per heavy atom. The number of carboxylic acid groups (broad SMARTS) is 1. The third-order valence-electron chi connectivity index (χ3n) is 8.92. The van der Waals surface area contributed by atoms with Crippen LogP contribution in [0.2, 0.25) is 0 Å². The van der Waals surface area contributed by atoms with Crippen molar-refractivity contribution in [3.63, 3.8) is 0 Å². The zero-order chi connectivity index (χ0) is 35.7. The predicted octanol–water partition coefficient (Wildman–Crippen LogP) is 6.61. The van der Waals surface area contributed by atoms with Gasteiger partial charge in [0.15, 0.2) is 6.10 Å². The second kappa shape index (κ2) is 14.1. The van der Waals surface area contributed by atoms with E-state index in [9.17, 15) is 27.5 Å². The van der Waals surface area contributed by atoms with Gasteiger partial charge in [-0.3, -0.25) is 4.79 Å². The van der Waals surface area contributed by atoms with E-state index in [1.165, 1.54) is 12.1 Å². The lowest BCUT2D eigenvalue weighted by Gasteiger charge is -2.41. The van der Waals surface area contributed by atoms with Gasteiger partial charge in [0.05, 0.1) is 23.1 Å². The van der Waals surface area contributed by atoms with Crippen LogP contribution in [-0.2, 0) is 26.0 Å². The summed E-state index contributed by atoms with van der Waals surface area (Å²) in [5, 5.41) is 9.90. The fraction of sp³-hybridized carbons (Fsp3) is 0.486. The lowest BCUT2D eigenvalue weighted by molar-refractivity contribution is -0.160. The maximum absolute atomic E-state index is 13.9. The number of amides is 1. The van der Waals surface area contributed by atoms with Crippen molar-refractivity contribution in [1.29, 1.82) is 0 Å². The van der Waals surface area contributed by atoms with Gasteiger partial charge in [-0.1, -0.05) is 38.1 Å². The van der Waals surface area contributed by atoms with Gasteiger partial charge in [0, 0.05) is 36.3 Å². The number of rotatable bonds is 12. The Balaban J connectivity index is 1.63. The van der Waals surface area contributed by atoms with E-state index in [2.05, 4.69) is 28.5 Å². The van der Waals surface area contributed by atoms with Crippen molar-refractivity contribution in [2.45, 2.75) is 90.6 Å². The second-order valence-corrected chi connectivity index (χ2v) is 16.7. The molecule has 264 valence electrons. The highest BCUT2D eigenvalue weighted by molar-refractivity contribution is 7.91. The number of carbonyl (C=O) groups excluding carboxylic acids is 1. The summed E-state index contributed by atoms with van der Waals surface area (Å²) >= 11 is 0. The number of hydrogen-bond acceptors (Lipinski definition) is 8. The molecule has 1 aromatic heterocycles. The van der Waals surface area contributed by atoms with E-state index in [4.69, 9.17) is 9.47 Å². The van der Waals surface area contributed by atoms with Crippen molar-refractivity contribution < 1.29 is 37.0 Å². The molecule has 1 saturated heterocycles. The average molecular weight is 696 g/mol. The number of hydrogen-bond donors (Lipinski definition) is 2. The van der Waals surface area contributed by atoms with Gasteiger partial charge in [0.1, 0.15) is 17.3 Å². The number of nitrogens with one attached hydrogen (secondary N) is 1. The molecule has 1 amide bonds. The maximum Gasteiger partial charge on any atom is 0.337 e. The van der Waals surface area contributed by atoms with E-state index in [0.29, 0.717) is 67.1 Å². The van der Waals surface area contributed by atoms with Gasteiger partial charge in [-0.05, 0) is 94.2 Å². The van der Waals surface area contributed by atoms with Gasteiger partial charge in [-0.15, -0.1) is 0 Å². The summed E-state index contributed by atoms with van der Waals surface area (Å²) < 4.78 is 53.6. The Bertz CT molecular complexity index is 1790. The first kappa shape index (κ1) is 36.3. The van der Waals surface area contributed by atoms with Crippen molar-refractivity contribution in [2.24, 2.45) is 5.41 Å². The first-order valence-corrected chi connectivity index (χ1v) is 18.2. The van der Waals surface area contributed by atoms with Gasteiger partial charge in [0.25, 0.3) is 5.91 Å². The van der Waals surface area contributed by atoms with Gasteiger partial charge >= 0.3 is 5.97 Å². The van der Waals surface area contributed by atoms with Gasteiger partial charge < -0.3 is 19.5 Å². The fourth-order valence-electron chi connectivity index (χ4n) is 6.00. The molecule has 12 heteroatoms. The Morgan fingerprint density at radius 2 is 1.67 bits per heavy atom. The summed E-state index contributed by atoms with van der Waals surface area (Å²) in [7, 11) is -3.92. The molecule has 2 aromatic carbocycles. The standard InChI is InChI=1S/C37H46FN3O7S/c1-23-29(33(35(43)44)48-36(2,3)4)32(41-20-18-37(5,6)19-21-41)30(31(39-23)34(42)40-49(45,46)28-15-16-28)25-9-13-27(14-10-25)47-22-17-24-7-11-26(38)12-8-24/h7-14,28,33H,15-22H2,1-6H3,(H,40,42)(H,43,44)/t33-/m0/s1. The number of halogens is 1. The molecular formula is C37H46FN3O7S. The summed E-state index contributed by atoms with van der Waals surface area (Å²) in [5.41, 5.74) is 1.95. The van der Waals surface area contributed by atoms with E-state index in [-0.39, 0.29) is 22.6 Å². The topological polar surface area (TPSA) is 135 Å². The van der Waals surface area contributed by atoms with Crippen molar-refractivity contribution in [3.05, 3.63) is 76.9 Å². The fourth-order valence-corrected chi connectivity index (χ4v) is 7.28. The molecule has 5 rings (SSSR count). The molecular weight excluding hydrogens is 649 g/mol. The largest absolute Gasteiger partial charge is 0.493 e. The van der Waals surface area contributed by atoms with Crippen LogP contribution in [0.4, 0.5) is 10.1 Å². The quantitative estimate of drug-likeness (QED) is 0.215. The highest BCUT2D eigenvalue weighted by Gasteiger charge is 2.40. The molecule has 2 N–H and O–H groups in total. The number of anilines is 1. The molecule has 0 bridgehead atoms. The molecule has 1 atom stereocenters. The lowest BCUT2D eigenvalue weighted by Crippen LogP contribution is -2.40. The van der Waals surface area contributed by atoms with E-state index in [0.717, 1.165) is 18.4 Å². The highest BCUT2D eigenvalue weighted by Crippen LogP contribution is 2.45. The first-order valence-electron chi connectivity index (χ1n) is 16.7. The van der Waals surface area contributed by atoms with Crippen LogP contribution in [0, 0.1) is 18.2 Å². The van der Waals surface area contributed by atoms with Gasteiger partial charge in [0.2, 0.25) is 10.0 Å². The summed E-state index contributed by atoms with van der Waals surface area (Å²) in [6.07, 6.45) is 1.71. The van der Waals surface area contributed by atoms with Gasteiger partial charge in [-0.25, -0.2) is 27.3 Å². The third kappa shape index (κ3) is 8.96. The molecule has 1 aliphatic heterocycles. The number of aliphatic carboxylic acids is 1. The molecule has 10 nitrogen and oxygen atoms in total. The molecule has 1 saturated carbocycles. The van der Waals surface area contributed by atoms with Crippen LogP contribution < -0.4 is 14.4 Å². The lowest BCUT2D eigenvalue weighted by atomic mass is 9.81. The second-order valence-electron chi connectivity index (χ2n) is 14.7. The van der Waals surface area contributed by atoms with Crippen LogP contribution in [-0.4, -0.2) is 60.9 Å². The number of aryl methyl sites for hydroxylation is 1. The van der Waals surface area contributed by atoms with Crippen molar-refractivity contribution >= 4 is 27.6 Å². The van der Waals surface area contributed by atoms with Crippen molar-refractivity contribution in [1.82, 2.24) is 9.71 Å². The van der Waals surface area contributed by atoms with E-state index in [1.807, 2.05) is 0 Å². The molecule has 0 radical (unpaired) electrons. The number of pyridine rings is 1. The minimum Gasteiger partial charge on any atom is -0.493 e. The maximum atomic E-state index is 13.9. The number of carboxylic acids is 1. The highest BCUT2D eigenvalue weighted by atomic mass is 32.2. The van der Waals surface area contributed by atoms with Crippen LogP contribution in [0.3, 0.4) is 0 Å². The molecule has 2 heterocycles. The Morgan fingerprint density at radius 3 is 2.22 bits per heavy atom. The van der Waals surface area contributed by atoms with Crippen LogP contribution in [0.25, 0.3) is 11.1 Å². The Hall–Kier alpha value is -4.03. The van der Waals surface area contributed by atoms with E-state index >= 15 is 0 Å². The monoisotopic (exact) mass is 695 g/mol. The van der Waals surface area contributed by atoms with Crippen LogP contribution in [0.15, 0.2) is 48.5 Å². The smallest absolute Gasteiger partial charge is 0.337 e. The molecule has 2 fully saturated rings. The van der Waals surface area contributed by atoms with Crippen LogP contribution in [0.1, 0.15) is 93.7 Å². The molecule has 0 unspecified atom stereocenters. The number of aromatic nitrogens is 1. The predicted molar refractivity (Wildman–Crippen MR) is 186 cm³/mol. The minimum absolute atomic E-state index is 0.0540. The first-order chi connectivity index (χ1) is 22.9. The molecule has 1 aliphatic carbocycles. The summed E-state index contributed by atoms with van der Waals surface area (Å²) in [6, 6.07) is 13.2. The number of carbonyl (C=O) groups is 2. The SMILES string of the molecule is Cc1nc(C(=O)NS(=O)(=O)C2CC2)c(-c2ccc(OCCc3ccc(F)cc3)cc2)c(N2CCC(C)(C)CC2)c1[C@H](OC(C)(C)C)C(=O)O. The normalized spacial score (nSPS) is 17.0. The number of sulfonamides is 1. The number of nitrogens with zero attached hydrogens (tertiary/aromatic N) is 2. The van der Waals surface area contributed by atoms with Crippen LogP contribution >= 0.6 is 0 Å². The number of benzene rings is 2. The molecule has 0 spiro atoms. The Labute approximate surface area is 288 Å². The van der Waals surface area contributed by atoms with Gasteiger partial charge in [-0.2, -0.15) is 0 Å². The summed E-state index contributed by atoms with van der Waals surface area (Å²) in [5.74, 6) is -1.84. The molecule has 49 heavy (non-hydrogen) atoms. The minimum atomic E-state index is -3.92. The average Bonchev–Trinajstić information content (AvgIpc) is 3.87. The zero-order valence-corrected chi connectivity index (χ0v) is 29.8. The van der Waals surface area contributed by atoms with Crippen molar-refractivity contribution in [2.75, 3.05) is 24.6 Å². The third-order valence-corrected chi connectivity index (χ3v) is 10.7. The number of piperidine rings is 1. The zero-order valence-electron chi connectivity index (χ0n) is 29.0. The van der Waals surface area contributed by atoms with Crippen LogP contribution in [0.5, 0.6) is 5.75 Å². The molecule has 2 aliphatic rings. The van der Waals surface area contributed by atoms with E-state index < -0.39 is 38.9 Å². The summed E-state index contributed by atoms with van der Waals surface area (Å²) in [4.78, 5) is 33.5. The van der Waals surface area contributed by atoms with Crippen molar-refractivity contribution in [3.8, 4) is 16.9 Å². The molecule has 3 aromatic rings. The van der Waals surface area contributed by atoms with E-state index in [1.54, 1.807) is 64.1 Å². The Kier molecular flexibility index (Phi) is 10.4. The summed E-state index contributed by atoms with van der Waals surface area (Å²) in [6.45, 7) is 12.8.